The van der Waals surface area contributed by atoms with Gasteiger partial charge in [0.2, 0.25) is 0 Å². The van der Waals surface area contributed by atoms with Crippen LogP contribution in [-0.2, 0) is 9.53 Å². The van der Waals surface area contributed by atoms with E-state index in [0.717, 1.165) is 0 Å². The van der Waals surface area contributed by atoms with Crippen LogP contribution in [0.2, 0.25) is 10.0 Å². The van der Waals surface area contributed by atoms with Crippen molar-refractivity contribution in [3.05, 3.63) is 46.1 Å². The third-order valence-corrected chi connectivity index (χ3v) is 3.67. The highest BCUT2D eigenvalue weighted by Gasteiger charge is 2.15. The molecule has 0 spiro atoms. The minimum Gasteiger partial charge on any atom is -0.490 e. The van der Waals surface area contributed by atoms with Gasteiger partial charge in [-0.3, -0.25) is 4.79 Å². The third-order valence-electron chi connectivity index (χ3n) is 3.18. The molecule has 0 atom stereocenters. The molecule has 0 aliphatic heterocycles. The van der Waals surface area contributed by atoms with E-state index in [2.05, 4.69) is 10.3 Å². The number of rotatable bonds is 8. The summed E-state index contributed by atoms with van der Waals surface area (Å²) in [5, 5.41) is 2.95. The van der Waals surface area contributed by atoms with Crippen molar-refractivity contribution < 1.29 is 23.8 Å². The fraction of sp³-hybridized carbons (Fsp3) is 0.278. The summed E-state index contributed by atoms with van der Waals surface area (Å²) in [6.07, 6.45) is 1.34. The zero-order valence-corrected chi connectivity index (χ0v) is 16.3. The topological polar surface area (TPSA) is 86.8 Å². The molecule has 0 bridgehead atoms. The van der Waals surface area contributed by atoms with Crippen LogP contribution in [0.3, 0.4) is 0 Å². The van der Waals surface area contributed by atoms with Gasteiger partial charge in [-0.1, -0.05) is 23.2 Å². The standard InChI is InChI=1S/C18H18Cl2N2O5/c1-3-25-14-6-5-11(7-15(14)26-4-2)18(24)27-10-16(23)22-17-13(20)8-12(19)9-21-17/h5-9H,3-4,10H2,1-2H3,(H,21,22,23). The van der Waals surface area contributed by atoms with Crippen molar-refractivity contribution in [1.29, 1.82) is 0 Å². The molecule has 1 heterocycles. The summed E-state index contributed by atoms with van der Waals surface area (Å²) in [7, 11) is 0. The fourth-order valence-electron chi connectivity index (χ4n) is 2.07. The lowest BCUT2D eigenvalue weighted by molar-refractivity contribution is -0.119. The lowest BCUT2D eigenvalue weighted by atomic mass is 10.2. The summed E-state index contributed by atoms with van der Waals surface area (Å²) in [6, 6.07) is 6.09. The van der Waals surface area contributed by atoms with Crippen molar-refractivity contribution in [2.45, 2.75) is 13.8 Å². The second-order valence-electron chi connectivity index (χ2n) is 5.14. The first-order chi connectivity index (χ1) is 12.9. The molecule has 2 rings (SSSR count). The Morgan fingerprint density at radius 1 is 1.07 bits per heavy atom. The summed E-state index contributed by atoms with van der Waals surface area (Å²) in [4.78, 5) is 28.0. The molecule has 0 fully saturated rings. The average molecular weight is 413 g/mol. The van der Waals surface area contributed by atoms with Gasteiger partial charge in [0.1, 0.15) is 0 Å². The maximum atomic E-state index is 12.2. The summed E-state index contributed by atoms with van der Waals surface area (Å²) in [5.41, 5.74) is 0.234. The van der Waals surface area contributed by atoms with Crippen LogP contribution < -0.4 is 14.8 Å². The van der Waals surface area contributed by atoms with Crippen LogP contribution in [0.25, 0.3) is 0 Å². The molecule has 2 aromatic rings. The van der Waals surface area contributed by atoms with Gasteiger partial charge in [0.15, 0.2) is 23.9 Å². The molecule has 0 aliphatic rings. The van der Waals surface area contributed by atoms with Gasteiger partial charge < -0.3 is 19.5 Å². The molecule has 144 valence electrons. The SMILES string of the molecule is CCOc1ccc(C(=O)OCC(=O)Nc2ncc(Cl)cc2Cl)cc1OCC. The lowest BCUT2D eigenvalue weighted by Gasteiger charge is -2.12. The monoisotopic (exact) mass is 412 g/mol. The largest absolute Gasteiger partial charge is 0.490 e. The molecular weight excluding hydrogens is 395 g/mol. The Hall–Kier alpha value is -2.51. The number of pyridine rings is 1. The van der Waals surface area contributed by atoms with Gasteiger partial charge in [0.25, 0.3) is 5.91 Å². The highest BCUT2D eigenvalue weighted by atomic mass is 35.5. The number of carbonyl (C=O) groups is 2. The van der Waals surface area contributed by atoms with Crippen LogP contribution in [0, 0.1) is 0 Å². The smallest absolute Gasteiger partial charge is 0.338 e. The van der Waals surface area contributed by atoms with Gasteiger partial charge in [0.05, 0.1) is 28.8 Å². The number of ether oxygens (including phenoxy) is 3. The number of carbonyl (C=O) groups excluding carboxylic acids is 2. The minimum atomic E-state index is -0.677. The Morgan fingerprint density at radius 2 is 1.78 bits per heavy atom. The van der Waals surface area contributed by atoms with E-state index < -0.39 is 18.5 Å². The van der Waals surface area contributed by atoms with Crippen molar-refractivity contribution in [3.8, 4) is 11.5 Å². The van der Waals surface area contributed by atoms with Crippen LogP contribution >= 0.6 is 23.2 Å². The van der Waals surface area contributed by atoms with E-state index in [1.807, 2.05) is 13.8 Å². The van der Waals surface area contributed by atoms with Gasteiger partial charge in [-0.05, 0) is 38.1 Å². The maximum absolute atomic E-state index is 12.2. The summed E-state index contributed by atoms with van der Waals surface area (Å²) in [6.45, 7) is 4.04. The molecule has 7 nitrogen and oxygen atoms in total. The zero-order valence-electron chi connectivity index (χ0n) is 14.8. The number of halogens is 2. The van der Waals surface area contributed by atoms with E-state index in [-0.39, 0.29) is 16.4 Å². The number of anilines is 1. The molecule has 0 unspecified atom stereocenters. The second kappa shape index (κ2) is 9.99. The highest BCUT2D eigenvalue weighted by molar-refractivity contribution is 6.36. The third kappa shape index (κ3) is 6.01. The van der Waals surface area contributed by atoms with Gasteiger partial charge >= 0.3 is 5.97 Å². The molecule has 27 heavy (non-hydrogen) atoms. The fourth-order valence-corrected chi connectivity index (χ4v) is 2.49. The first kappa shape index (κ1) is 20.8. The van der Waals surface area contributed by atoms with Crippen LogP contribution in [0.1, 0.15) is 24.2 Å². The number of aromatic nitrogens is 1. The van der Waals surface area contributed by atoms with Crippen LogP contribution in [-0.4, -0.2) is 36.7 Å². The lowest BCUT2D eigenvalue weighted by Crippen LogP contribution is -2.21. The number of hydrogen-bond acceptors (Lipinski definition) is 6. The van der Waals surface area contributed by atoms with Crippen molar-refractivity contribution in [2.24, 2.45) is 0 Å². The summed E-state index contributed by atoms with van der Waals surface area (Å²) in [5.74, 6) is -0.185. The Labute approximate surface area is 166 Å². The first-order valence-electron chi connectivity index (χ1n) is 8.12. The number of nitrogens with zero attached hydrogens (tertiary/aromatic N) is 1. The Morgan fingerprint density at radius 3 is 2.44 bits per heavy atom. The first-order valence-corrected chi connectivity index (χ1v) is 8.87. The Kier molecular flexibility index (Phi) is 7.69. The van der Waals surface area contributed by atoms with Crippen LogP contribution in [0.4, 0.5) is 5.82 Å². The Balaban J connectivity index is 1.98. The minimum absolute atomic E-state index is 0.127. The van der Waals surface area contributed by atoms with E-state index in [4.69, 9.17) is 37.4 Å². The van der Waals surface area contributed by atoms with Crippen LogP contribution in [0.5, 0.6) is 11.5 Å². The van der Waals surface area contributed by atoms with E-state index >= 15 is 0 Å². The molecule has 0 radical (unpaired) electrons. The molecule has 1 aromatic heterocycles. The Bertz CT molecular complexity index is 829. The van der Waals surface area contributed by atoms with E-state index in [1.165, 1.54) is 24.4 Å². The van der Waals surface area contributed by atoms with E-state index in [1.54, 1.807) is 6.07 Å². The molecule has 1 N–H and O–H groups in total. The predicted octanol–water partition coefficient (Wildman–Crippen LogP) is 3.98. The number of esters is 1. The van der Waals surface area contributed by atoms with Crippen molar-refractivity contribution >= 4 is 40.9 Å². The summed E-state index contributed by atoms with van der Waals surface area (Å²) >= 11 is 11.7. The molecule has 9 heteroatoms. The number of amides is 1. The normalized spacial score (nSPS) is 10.2. The summed E-state index contributed by atoms with van der Waals surface area (Å²) < 4.78 is 15.9. The average Bonchev–Trinajstić information content (AvgIpc) is 2.64. The predicted molar refractivity (Wildman–Crippen MR) is 102 cm³/mol. The van der Waals surface area contributed by atoms with E-state index in [9.17, 15) is 9.59 Å². The molecule has 1 aromatic carbocycles. The molecule has 0 saturated carbocycles. The maximum Gasteiger partial charge on any atom is 0.338 e. The van der Waals surface area contributed by atoms with Crippen molar-refractivity contribution in [1.82, 2.24) is 4.98 Å². The number of hydrogen-bond donors (Lipinski definition) is 1. The molecule has 0 aliphatic carbocycles. The van der Waals surface area contributed by atoms with Crippen LogP contribution in [0.15, 0.2) is 30.5 Å². The van der Waals surface area contributed by atoms with Crippen molar-refractivity contribution in [2.75, 3.05) is 25.1 Å². The van der Waals surface area contributed by atoms with Gasteiger partial charge in [0, 0.05) is 6.20 Å². The number of benzene rings is 1. The number of nitrogens with one attached hydrogen (secondary N) is 1. The molecule has 0 saturated heterocycles. The zero-order chi connectivity index (χ0) is 19.8. The van der Waals surface area contributed by atoms with E-state index in [0.29, 0.717) is 29.7 Å². The highest BCUT2D eigenvalue weighted by Crippen LogP contribution is 2.29. The van der Waals surface area contributed by atoms with Gasteiger partial charge in [-0.2, -0.15) is 0 Å². The molecule has 1 amide bonds. The van der Waals surface area contributed by atoms with Crippen molar-refractivity contribution in [3.63, 3.8) is 0 Å². The van der Waals surface area contributed by atoms with Gasteiger partial charge in [-0.25, -0.2) is 9.78 Å². The quantitative estimate of drug-likeness (QED) is 0.659. The second-order valence-corrected chi connectivity index (χ2v) is 5.98. The van der Waals surface area contributed by atoms with Gasteiger partial charge in [-0.15, -0.1) is 0 Å². The molecular formula is C18H18Cl2N2O5.